The molecule has 0 spiro atoms. The zero-order valence-electron chi connectivity index (χ0n) is 43.1. The monoisotopic (exact) mass is 869 g/mol. The van der Waals surface area contributed by atoms with Gasteiger partial charge in [-0.2, -0.15) is 0 Å². The Hall–Kier alpha value is -3.21. The molecule has 0 radical (unpaired) electrons. The van der Waals surface area contributed by atoms with Gasteiger partial charge < -0.3 is 20.4 Å². The van der Waals surface area contributed by atoms with Crippen LogP contribution in [0.1, 0.15) is 211 Å². The summed E-state index contributed by atoms with van der Waals surface area (Å²) in [7, 11) is 0. The maximum Gasteiger partial charge on any atom is 4.00 e. The summed E-state index contributed by atoms with van der Waals surface area (Å²) in [6, 6.07) is 23.5. The van der Waals surface area contributed by atoms with Gasteiger partial charge in [-0.1, -0.05) is 283 Å². The molecule has 4 aromatic rings. The van der Waals surface area contributed by atoms with Gasteiger partial charge in [0.15, 0.2) is 0 Å². The molecule has 4 rings (SSSR count). The standard InChI is InChI=1S/4C14H22O.Ti/c4*1-13(2,3)10-8-7-9-11(12(10)15)14(4,5)6;/h4*7-9,15H,1-6H3;/q;;;;+4/p-4. The Morgan fingerprint density at radius 2 is 0.295 bits per heavy atom. The predicted molar refractivity (Wildman–Crippen MR) is 253 cm³/mol. The van der Waals surface area contributed by atoms with Crippen LogP contribution in [0, 0.1) is 0 Å². The van der Waals surface area contributed by atoms with Gasteiger partial charge >= 0.3 is 21.7 Å². The zero-order chi connectivity index (χ0) is 47.4. The Morgan fingerprint density at radius 3 is 0.361 bits per heavy atom. The molecule has 0 aliphatic heterocycles. The third-order valence-electron chi connectivity index (χ3n) is 10.5. The van der Waals surface area contributed by atoms with Crippen LogP contribution in [-0.4, -0.2) is 0 Å². The van der Waals surface area contributed by atoms with Gasteiger partial charge in [-0.25, -0.2) is 0 Å². The van der Waals surface area contributed by atoms with Crippen LogP contribution in [0.2, 0.25) is 0 Å². The van der Waals surface area contributed by atoms with Crippen molar-refractivity contribution >= 4 is 0 Å². The molecule has 4 aromatic carbocycles. The summed E-state index contributed by atoms with van der Waals surface area (Å²) < 4.78 is 0. The van der Waals surface area contributed by atoms with E-state index in [0.29, 0.717) is 0 Å². The first kappa shape index (κ1) is 57.8. The first-order chi connectivity index (χ1) is 26.6. The van der Waals surface area contributed by atoms with E-state index in [1.165, 1.54) is 0 Å². The second kappa shape index (κ2) is 20.5. The normalized spacial score (nSPS) is 12.7. The van der Waals surface area contributed by atoms with Crippen molar-refractivity contribution in [1.29, 1.82) is 0 Å². The van der Waals surface area contributed by atoms with E-state index in [4.69, 9.17) is 0 Å². The van der Waals surface area contributed by atoms with E-state index >= 15 is 0 Å². The van der Waals surface area contributed by atoms with Gasteiger partial charge in [-0.15, -0.1) is 23.0 Å². The van der Waals surface area contributed by atoms with E-state index in [1.807, 2.05) is 72.8 Å². The molecule has 0 bridgehead atoms. The molecular formula is C56H84O4Ti. The van der Waals surface area contributed by atoms with Crippen LogP contribution in [0.25, 0.3) is 0 Å². The van der Waals surface area contributed by atoms with Crippen molar-refractivity contribution in [3.63, 3.8) is 0 Å². The summed E-state index contributed by atoms with van der Waals surface area (Å²) in [6.07, 6.45) is 0. The van der Waals surface area contributed by atoms with Crippen LogP contribution in [-0.2, 0) is 65.0 Å². The van der Waals surface area contributed by atoms with E-state index in [2.05, 4.69) is 166 Å². The van der Waals surface area contributed by atoms with Crippen LogP contribution in [0.15, 0.2) is 72.8 Å². The van der Waals surface area contributed by atoms with Gasteiger partial charge in [0, 0.05) is 0 Å². The average Bonchev–Trinajstić information content (AvgIpc) is 3.01. The molecule has 0 aliphatic rings. The van der Waals surface area contributed by atoms with Crippen molar-refractivity contribution in [2.45, 2.75) is 209 Å². The summed E-state index contributed by atoms with van der Waals surface area (Å²) in [5, 5.41) is 49.0. The Balaban J connectivity index is 0.000000783. The Morgan fingerprint density at radius 1 is 0.213 bits per heavy atom. The van der Waals surface area contributed by atoms with E-state index in [-0.39, 0.29) is 88.0 Å². The number of para-hydroxylation sites is 4. The fraction of sp³-hybridized carbons (Fsp3) is 0.571. The summed E-state index contributed by atoms with van der Waals surface area (Å²) in [6.45, 7) is 49.9. The Bertz CT molecular complexity index is 1570. The molecule has 0 saturated carbocycles. The molecule has 0 N–H and O–H groups in total. The van der Waals surface area contributed by atoms with Gasteiger partial charge in [0.25, 0.3) is 0 Å². The molecule has 0 fully saturated rings. The maximum absolute atomic E-state index is 12.3. The SMILES string of the molecule is CC(C)(C)c1cccc(C(C)(C)C)c1[O-].CC(C)(C)c1cccc(C(C)(C)C)c1[O-].CC(C)(C)c1cccc(C(C)(C)C)c1[O-].CC(C)(C)c1cccc(C(C)(C)C)c1[O-].[Ti+4]. The van der Waals surface area contributed by atoms with Crippen molar-refractivity contribution in [2.75, 3.05) is 0 Å². The van der Waals surface area contributed by atoms with E-state index in [1.54, 1.807) is 0 Å². The summed E-state index contributed by atoms with van der Waals surface area (Å²) in [5.41, 5.74) is 6.73. The zero-order valence-corrected chi connectivity index (χ0v) is 44.6. The van der Waals surface area contributed by atoms with Gasteiger partial charge in [0.05, 0.1) is 0 Å². The minimum atomic E-state index is -0.0711. The predicted octanol–water partition coefficient (Wildman–Crippen LogP) is 13.4. The summed E-state index contributed by atoms with van der Waals surface area (Å²) in [5.74, 6) is 0.824. The molecule has 0 atom stereocenters. The maximum atomic E-state index is 12.3. The first-order valence-corrected chi connectivity index (χ1v) is 21.8. The topological polar surface area (TPSA) is 92.2 Å². The van der Waals surface area contributed by atoms with Gasteiger partial charge in [0.2, 0.25) is 0 Å². The molecule has 0 aromatic heterocycles. The van der Waals surface area contributed by atoms with Crippen molar-refractivity contribution in [3.05, 3.63) is 117 Å². The van der Waals surface area contributed by atoms with Crippen LogP contribution in [0.3, 0.4) is 0 Å². The molecule has 0 unspecified atom stereocenters. The van der Waals surface area contributed by atoms with E-state index < -0.39 is 0 Å². The van der Waals surface area contributed by atoms with Crippen molar-refractivity contribution in [1.82, 2.24) is 0 Å². The van der Waals surface area contributed by atoms with Crippen molar-refractivity contribution in [3.8, 4) is 23.0 Å². The quantitative estimate of drug-likeness (QED) is 0.165. The number of rotatable bonds is 0. The van der Waals surface area contributed by atoms with Crippen molar-refractivity contribution in [2.24, 2.45) is 0 Å². The molecule has 0 heterocycles. The minimum absolute atomic E-state index is 0. The molecule has 0 amide bonds. The van der Waals surface area contributed by atoms with Crippen LogP contribution in [0.5, 0.6) is 23.0 Å². The van der Waals surface area contributed by atoms with Crippen LogP contribution < -0.4 is 20.4 Å². The van der Waals surface area contributed by atoms with Crippen molar-refractivity contribution < 1.29 is 42.1 Å². The smallest absolute Gasteiger partial charge is 0.872 e. The molecule has 336 valence electrons. The number of hydrogen-bond donors (Lipinski definition) is 0. The minimum Gasteiger partial charge on any atom is -0.872 e. The van der Waals surface area contributed by atoms with E-state index in [9.17, 15) is 20.4 Å². The van der Waals surface area contributed by atoms with Gasteiger partial charge in [0.1, 0.15) is 0 Å². The molecule has 0 aliphatic carbocycles. The van der Waals surface area contributed by atoms with Crippen LogP contribution in [0.4, 0.5) is 0 Å². The van der Waals surface area contributed by atoms with E-state index in [0.717, 1.165) is 44.5 Å². The third-order valence-corrected chi connectivity index (χ3v) is 10.5. The third kappa shape index (κ3) is 16.8. The molecule has 61 heavy (non-hydrogen) atoms. The number of hydrogen-bond acceptors (Lipinski definition) is 4. The van der Waals surface area contributed by atoms with Gasteiger partial charge in [-0.05, 0) is 43.3 Å². The van der Waals surface area contributed by atoms with Gasteiger partial charge in [-0.3, -0.25) is 0 Å². The summed E-state index contributed by atoms with van der Waals surface area (Å²) >= 11 is 0. The first-order valence-electron chi connectivity index (χ1n) is 21.8. The average molecular weight is 869 g/mol. The molecule has 4 nitrogen and oxygen atoms in total. The second-order valence-electron chi connectivity index (χ2n) is 24.7. The van der Waals surface area contributed by atoms with Crippen LogP contribution >= 0.6 is 0 Å². The Kier molecular flexibility index (Phi) is 19.5. The number of benzene rings is 4. The molecule has 5 heteroatoms. The Labute approximate surface area is 389 Å². The molecular weight excluding hydrogens is 784 g/mol. The fourth-order valence-electron chi connectivity index (χ4n) is 6.87. The fourth-order valence-corrected chi connectivity index (χ4v) is 6.87. The largest absolute Gasteiger partial charge is 4.00 e. The summed E-state index contributed by atoms with van der Waals surface area (Å²) in [4.78, 5) is 0. The molecule has 0 saturated heterocycles. The second-order valence-corrected chi connectivity index (χ2v) is 24.7.